The number of carboxylic acid groups (broad SMARTS) is 1. The van der Waals surface area contributed by atoms with Crippen molar-refractivity contribution in [3.8, 4) is 22.5 Å². The summed E-state index contributed by atoms with van der Waals surface area (Å²) in [7, 11) is 4.01. The van der Waals surface area contributed by atoms with Crippen LogP contribution in [0.3, 0.4) is 0 Å². The number of H-pyrrole nitrogens is 1. The Labute approximate surface area is 156 Å². The van der Waals surface area contributed by atoms with Crippen molar-refractivity contribution in [1.82, 2.24) is 19.9 Å². The Morgan fingerprint density at radius 3 is 2.58 bits per heavy atom. The summed E-state index contributed by atoms with van der Waals surface area (Å²) in [6, 6.07) is 8.71. The third-order valence-electron chi connectivity index (χ3n) is 3.99. The van der Waals surface area contributed by atoms with Crippen molar-refractivity contribution in [3.05, 3.63) is 59.1 Å². The van der Waals surface area contributed by atoms with E-state index < -0.39 is 5.97 Å². The van der Waals surface area contributed by atoms with E-state index in [9.17, 15) is 9.90 Å². The van der Waals surface area contributed by atoms with E-state index in [1.54, 1.807) is 30.6 Å². The van der Waals surface area contributed by atoms with Gasteiger partial charge < -0.3 is 15.0 Å². The highest BCUT2D eigenvalue weighted by Gasteiger charge is 2.17. The average Bonchev–Trinajstić information content (AvgIpc) is 3.05. The summed E-state index contributed by atoms with van der Waals surface area (Å²) in [6.07, 6.45) is 4.18. The molecule has 2 aromatic heterocycles. The number of likely N-dealkylation sites (N-methyl/N-ethyl adjacent to an activating group) is 1. The van der Waals surface area contributed by atoms with Crippen LogP contribution in [-0.2, 0) is 6.42 Å². The molecule has 6 nitrogen and oxygen atoms in total. The summed E-state index contributed by atoms with van der Waals surface area (Å²) in [6.45, 7) is 0.851. The molecule has 7 heteroatoms. The fourth-order valence-electron chi connectivity index (χ4n) is 2.64. The number of hydrogen-bond acceptors (Lipinski definition) is 4. The maximum Gasteiger partial charge on any atom is 0.337 e. The molecule has 134 valence electrons. The number of halogens is 1. The summed E-state index contributed by atoms with van der Waals surface area (Å²) >= 11 is 6.00. The number of aromatic nitrogens is 3. The summed E-state index contributed by atoms with van der Waals surface area (Å²) < 4.78 is 0. The van der Waals surface area contributed by atoms with Crippen LogP contribution in [0.25, 0.3) is 22.5 Å². The van der Waals surface area contributed by atoms with Crippen molar-refractivity contribution in [1.29, 1.82) is 0 Å². The van der Waals surface area contributed by atoms with Crippen molar-refractivity contribution >= 4 is 17.6 Å². The highest BCUT2D eigenvalue weighted by atomic mass is 35.5. The van der Waals surface area contributed by atoms with Crippen LogP contribution in [0.2, 0.25) is 5.02 Å². The zero-order valence-electron chi connectivity index (χ0n) is 14.5. The molecule has 0 fully saturated rings. The third kappa shape index (κ3) is 3.92. The SMILES string of the molecule is CN(C)CCc1nc(-c2ccc(Cl)c(C(=O)O)c2)c(-c2ccncc2)[nH]1. The van der Waals surface area contributed by atoms with Gasteiger partial charge in [0.25, 0.3) is 0 Å². The van der Waals surface area contributed by atoms with Gasteiger partial charge in [-0.15, -0.1) is 0 Å². The fourth-order valence-corrected chi connectivity index (χ4v) is 2.84. The predicted octanol–water partition coefficient (Wildman–Crippen LogP) is 3.59. The Morgan fingerprint density at radius 1 is 1.19 bits per heavy atom. The van der Waals surface area contributed by atoms with Gasteiger partial charge in [0.1, 0.15) is 5.82 Å². The first kappa shape index (κ1) is 18.1. The van der Waals surface area contributed by atoms with E-state index in [4.69, 9.17) is 16.6 Å². The van der Waals surface area contributed by atoms with Crippen LogP contribution >= 0.6 is 11.6 Å². The average molecular weight is 371 g/mol. The molecule has 3 aromatic rings. The lowest BCUT2D eigenvalue weighted by Crippen LogP contribution is -2.15. The van der Waals surface area contributed by atoms with Crippen LogP contribution in [0.5, 0.6) is 0 Å². The van der Waals surface area contributed by atoms with Gasteiger partial charge in [0.15, 0.2) is 0 Å². The maximum absolute atomic E-state index is 11.4. The number of nitrogens with one attached hydrogen (secondary N) is 1. The largest absolute Gasteiger partial charge is 0.478 e. The minimum Gasteiger partial charge on any atom is -0.478 e. The predicted molar refractivity (Wildman–Crippen MR) is 101 cm³/mol. The Morgan fingerprint density at radius 2 is 1.92 bits per heavy atom. The van der Waals surface area contributed by atoms with E-state index in [0.717, 1.165) is 30.0 Å². The maximum atomic E-state index is 11.4. The van der Waals surface area contributed by atoms with E-state index in [1.165, 1.54) is 0 Å². The summed E-state index contributed by atoms with van der Waals surface area (Å²) in [5.74, 6) is -0.224. The number of carbonyl (C=O) groups is 1. The lowest BCUT2D eigenvalue weighted by molar-refractivity contribution is 0.0697. The third-order valence-corrected chi connectivity index (χ3v) is 4.32. The Kier molecular flexibility index (Phi) is 5.35. The van der Waals surface area contributed by atoms with E-state index in [-0.39, 0.29) is 10.6 Å². The van der Waals surface area contributed by atoms with Gasteiger partial charge in [-0.1, -0.05) is 17.7 Å². The van der Waals surface area contributed by atoms with Gasteiger partial charge in [0.2, 0.25) is 0 Å². The highest BCUT2D eigenvalue weighted by molar-refractivity contribution is 6.33. The minimum absolute atomic E-state index is 0.0580. The van der Waals surface area contributed by atoms with Crippen molar-refractivity contribution in [3.63, 3.8) is 0 Å². The standard InChI is InChI=1S/C19H19ClN4O2/c1-24(2)10-7-16-22-17(12-5-8-21-9-6-12)18(23-16)13-3-4-15(20)14(11-13)19(25)26/h3-6,8-9,11H,7,10H2,1-2H3,(H,22,23)(H,25,26). The number of benzene rings is 1. The van der Waals surface area contributed by atoms with Crippen molar-refractivity contribution in [2.45, 2.75) is 6.42 Å². The molecule has 0 saturated heterocycles. The van der Waals surface area contributed by atoms with Gasteiger partial charge in [0, 0.05) is 36.5 Å². The van der Waals surface area contributed by atoms with Gasteiger partial charge in [-0.25, -0.2) is 9.78 Å². The van der Waals surface area contributed by atoms with E-state index in [2.05, 4.69) is 14.9 Å². The molecule has 0 aliphatic rings. The number of carboxylic acids is 1. The number of hydrogen-bond donors (Lipinski definition) is 2. The first-order valence-corrected chi connectivity index (χ1v) is 8.50. The van der Waals surface area contributed by atoms with Gasteiger partial charge >= 0.3 is 5.97 Å². The molecule has 0 atom stereocenters. The van der Waals surface area contributed by atoms with Crippen molar-refractivity contribution in [2.75, 3.05) is 20.6 Å². The zero-order chi connectivity index (χ0) is 18.7. The molecule has 0 amide bonds. The number of nitrogens with zero attached hydrogens (tertiary/aromatic N) is 3. The molecule has 1 aromatic carbocycles. The second-order valence-electron chi connectivity index (χ2n) is 6.20. The number of imidazole rings is 1. The smallest absolute Gasteiger partial charge is 0.337 e. The normalized spacial score (nSPS) is 11.1. The van der Waals surface area contributed by atoms with Crippen LogP contribution in [0.4, 0.5) is 0 Å². The molecule has 3 rings (SSSR count). The van der Waals surface area contributed by atoms with Crippen LogP contribution in [0.15, 0.2) is 42.7 Å². The monoisotopic (exact) mass is 370 g/mol. The van der Waals surface area contributed by atoms with E-state index >= 15 is 0 Å². The lowest BCUT2D eigenvalue weighted by atomic mass is 10.0. The first-order valence-electron chi connectivity index (χ1n) is 8.13. The molecular weight excluding hydrogens is 352 g/mol. The minimum atomic E-state index is -1.06. The lowest BCUT2D eigenvalue weighted by Gasteiger charge is -2.06. The van der Waals surface area contributed by atoms with Crippen LogP contribution < -0.4 is 0 Å². The summed E-state index contributed by atoms with van der Waals surface area (Å²) in [4.78, 5) is 25.6. The molecule has 0 spiro atoms. The molecule has 0 unspecified atom stereocenters. The number of aromatic amines is 1. The molecule has 26 heavy (non-hydrogen) atoms. The van der Waals surface area contributed by atoms with Crippen LogP contribution in [0.1, 0.15) is 16.2 Å². The number of pyridine rings is 1. The Balaban J connectivity index is 2.10. The number of rotatable bonds is 6. The van der Waals surface area contributed by atoms with Crippen molar-refractivity contribution in [2.24, 2.45) is 0 Å². The number of aromatic carboxylic acids is 1. The molecule has 0 aliphatic carbocycles. The van der Waals surface area contributed by atoms with Gasteiger partial charge in [-0.2, -0.15) is 0 Å². The summed E-state index contributed by atoms with van der Waals surface area (Å²) in [5.41, 5.74) is 3.23. The molecule has 0 saturated carbocycles. The summed E-state index contributed by atoms with van der Waals surface area (Å²) in [5, 5.41) is 9.55. The molecule has 0 bridgehead atoms. The fraction of sp³-hybridized carbons (Fsp3) is 0.211. The molecule has 2 N–H and O–H groups in total. The van der Waals surface area contributed by atoms with Crippen LogP contribution in [0, 0.1) is 0 Å². The van der Waals surface area contributed by atoms with Crippen LogP contribution in [-0.4, -0.2) is 51.6 Å². The zero-order valence-corrected chi connectivity index (χ0v) is 15.3. The topological polar surface area (TPSA) is 82.1 Å². The molecule has 2 heterocycles. The van der Waals surface area contributed by atoms with Gasteiger partial charge in [0.05, 0.1) is 22.0 Å². The van der Waals surface area contributed by atoms with Gasteiger partial charge in [-0.05, 0) is 38.4 Å². The first-order chi connectivity index (χ1) is 12.5. The quantitative estimate of drug-likeness (QED) is 0.692. The van der Waals surface area contributed by atoms with Gasteiger partial charge in [-0.3, -0.25) is 4.98 Å². The molecule has 0 aliphatic heterocycles. The Bertz CT molecular complexity index is 923. The second-order valence-corrected chi connectivity index (χ2v) is 6.60. The molecule has 0 radical (unpaired) electrons. The van der Waals surface area contributed by atoms with Crippen molar-refractivity contribution < 1.29 is 9.90 Å². The second kappa shape index (κ2) is 7.68. The Hall–Kier alpha value is -2.70. The molecular formula is C19H19ClN4O2. The van der Waals surface area contributed by atoms with E-state index in [0.29, 0.717) is 11.3 Å². The van der Waals surface area contributed by atoms with E-state index in [1.807, 2.05) is 26.2 Å². The highest BCUT2D eigenvalue weighted by Crippen LogP contribution is 2.32.